The van der Waals surface area contributed by atoms with Gasteiger partial charge in [0.05, 0.1) is 18.1 Å². The minimum absolute atomic E-state index is 0.120. The van der Waals surface area contributed by atoms with Gasteiger partial charge in [0.25, 0.3) is 0 Å². The van der Waals surface area contributed by atoms with Gasteiger partial charge in [0.2, 0.25) is 0 Å². The maximum absolute atomic E-state index is 10.5. The zero-order valence-electron chi connectivity index (χ0n) is 10.9. The van der Waals surface area contributed by atoms with Crippen molar-refractivity contribution in [2.75, 3.05) is 12.4 Å². The summed E-state index contributed by atoms with van der Waals surface area (Å²) in [6.45, 7) is 4.65. The molecule has 0 aromatic heterocycles. The van der Waals surface area contributed by atoms with Crippen molar-refractivity contribution in [1.82, 2.24) is 0 Å². The van der Waals surface area contributed by atoms with E-state index in [0.29, 0.717) is 24.0 Å². The van der Waals surface area contributed by atoms with E-state index in [2.05, 4.69) is 0 Å². The highest BCUT2D eigenvalue weighted by molar-refractivity contribution is 7.99. The Balaban J connectivity index is 2.65. The lowest BCUT2D eigenvalue weighted by atomic mass is 10.1. The Labute approximate surface area is 122 Å². The van der Waals surface area contributed by atoms with Gasteiger partial charge < -0.3 is 5.11 Å². The molecule has 1 aromatic rings. The number of rotatable bonds is 8. The second-order valence-electron chi connectivity index (χ2n) is 3.87. The standard InChI is InChI=1S/C13H17ClO4S/c1-3-17-18-8-10-7-11(14)12(6-9(10)2)19-5-4-13(15)16/h6-7H,3-5,8H2,1-2H3,(H,15,16). The molecule has 0 bridgehead atoms. The molecule has 1 rings (SSSR count). The van der Waals surface area contributed by atoms with Crippen molar-refractivity contribution in [3.63, 3.8) is 0 Å². The van der Waals surface area contributed by atoms with E-state index >= 15 is 0 Å². The number of carboxylic acids is 1. The Hall–Kier alpha value is -0.750. The molecule has 0 aliphatic carbocycles. The van der Waals surface area contributed by atoms with E-state index in [1.54, 1.807) is 0 Å². The lowest BCUT2D eigenvalue weighted by molar-refractivity contribution is -0.300. The molecular formula is C13H17ClO4S. The van der Waals surface area contributed by atoms with Gasteiger partial charge in [-0.05, 0) is 37.1 Å². The lowest BCUT2D eigenvalue weighted by Gasteiger charge is -2.10. The van der Waals surface area contributed by atoms with Gasteiger partial charge in [0.1, 0.15) is 6.61 Å². The Kier molecular flexibility index (Phi) is 7.23. The van der Waals surface area contributed by atoms with Crippen molar-refractivity contribution >= 4 is 29.3 Å². The number of carbonyl (C=O) groups is 1. The second kappa shape index (κ2) is 8.43. The molecule has 0 saturated carbocycles. The average molecular weight is 305 g/mol. The van der Waals surface area contributed by atoms with Crippen LogP contribution < -0.4 is 0 Å². The van der Waals surface area contributed by atoms with Gasteiger partial charge in [-0.25, -0.2) is 9.78 Å². The summed E-state index contributed by atoms with van der Waals surface area (Å²) in [4.78, 5) is 21.2. The molecular weight excluding hydrogens is 288 g/mol. The molecule has 0 fully saturated rings. The third-order valence-electron chi connectivity index (χ3n) is 2.38. The number of hydrogen-bond donors (Lipinski definition) is 1. The molecule has 0 aliphatic rings. The molecule has 106 valence electrons. The number of benzene rings is 1. The minimum Gasteiger partial charge on any atom is -0.481 e. The molecule has 1 N–H and O–H groups in total. The van der Waals surface area contributed by atoms with Gasteiger partial charge in [-0.1, -0.05) is 11.6 Å². The summed E-state index contributed by atoms with van der Waals surface area (Å²) in [6.07, 6.45) is 0.120. The number of halogens is 1. The van der Waals surface area contributed by atoms with Crippen molar-refractivity contribution in [3.8, 4) is 0 Å². The molecule has 4 nitrogen and oxygen atoms in total. The van der Waals surface area contributed by atoms with Crippen LogP contribution in [0.15, 0.2) is 17.0 Å². The van der Waals surface area contributed by atoms with Crippen LogP contribution in [0.5, 0.6) is 0 Å². The lowest BCUT2D eigenvalue weighted by Crippen LogP contribution is -1.98. The third-order valence-corrected chi connectivity index (χ3v) is 3.86. The molecule has 1 aromatic carbocycles. The highest BCUT2D eigenvalue weighted by Gasteiger charge is 2.08. The van der Waals surface area contributed by atoms with E-state index in [1.165, 1.54) is 11.8 Å². The summed E-state index contributed by atoms with van der Waals surface area (Å²) in [7, 11) is 0. The van der Waals surface area contributed by atoms with Gasteiger partial charge in [-0.3, -0.25) is 4.79 Å². The van der Waals surface area contributed by atoms with Crippen LogP contribution in [0.4, 0.5) is 0 Å². The molecule has 0 spiro atoms. The topological polar surface area (TPSA) is 55.8 Å². The number of carboxylic acid groups (broad SMARTS) is 1. The van der Waals surface area contributed by atoms with Crippen LogP contribution in [-0.2, 0) is 21.2 Å². The molecule has 0 atom stereocenters. The Morgan fingerprint density at radius 1 is 1.42 bits per heavy atom. The van der Waals surface area contributed by atoms with Crippen molar-refractivity contribution in [1.29, 1.82) is 0 Å². The zero-order valence-corrected chi connectivity index (χ0v) is 12.5. The summed E-state index contributed by atoms with van der Waals surface area (Å²) in [5, 5.41) is 9.21. The zero-order chi connectivity index (χ0) is 14.3. The van der Waals surface area contributed by atoms with Crippen LogP contribution in [-0.4, -0.2) is 23.4 Å². The third kappa shape index (κ3) is 5.82. The van der Waals surface area contributed by atoms with E-state index in [4.69, 9.17) is 26.5 Å². The molecule has 0 aliphatic heterocycles. The smallest absolute Gasteiger partial charge is 0.304 e. The van der Waals surface area contributed by atoms with Crippen LogP contribution in [0, 0.1) is 6.92 Å². The maximum Gasteiger partial charge on any atom is 0.304 e. The summed E-state index contributed by atoms with van der Waals surface area (Å²) >= 11 is 7.61. The fourth-order valence-electron chi connectivity index (χ4n) is 1.40. The van der Waals surface area contributed by atoms with E-state index in [9.17, 15) is 4.79 Å². The van der Waals surface area contributed by atoms with Crippen LogP contribution in [0.2, 0.25) is 5.02 Å². The molecule has 0 unspecified atom stereocenters. The average Bonchev–Trinajstić information content (AvgIpc) is 2.34. The maximum atomic E-state index is 10.5. The first kappa shape index (κ1) is 16.3. The van der Waals surface area contributed by atoms with Gasteiger partial charge in [-0.15, -0.1) is 11.8 Å². The summed E-state index contributed by atoms with van der Waals surface area (Å²) in [5.74, 6) is -0.300. The number of aliphatic carboxylic acids is 1. The highest BCUT2D eigenvalue weighted by atomic mass is 35.5. The van der Waals surface area contributed by atoms with Gasteiger partial charge in [-0.2, -0.15) is 0 Å². The number of thioether (sulfide) groups is 1. The molecule has 6 heteroatoms. The van der Waals surface area contributed by atoms with E-state index in [0.717, 1.165) is 16.0 Å². The monoisotopic (exact) mass is 304 g/mol. The largest absolute Gasteiger partial charge is 0.481 e. The molecule has 0 saturated heterocycles. The normalized spacial score (nSPS) is 10.7. The first-order valence-electron chi connectivity index (χ1n) is 5.92. The first-order chi connectivity index (χ1) is 9.04. The Morgan fingerprint density at radius 3 is 2.79 bits per heavy atom. The number of hydrogen-bond acceptors (Lipinski definition) is 4. The van der Waals surface area contributed by atoms with E-state index < -0.39 is 5.97 Å². The van der Waals surface area contributed by atoms with E-state index in [-0.39, 0.29) is 6.42 Å². The quantitative estimate of drug-likeness (QED) is 0.343. The molecule has 0 radical (unpaired) electrons. The first-order valence-corrected chi connectivity index (χ1v) is 7.29. The van der Waals surface area contributed by atoms with Gasteiger partial charge >= 0.3 is 5.97 Å². The predicted molar refractivity (Wildman–Crippen MR) is 75.6 cm³/mol. The highest BCUT2D eigenvalue weighted by Crippen LogP contribution is 2.30. The molecule has 19 heavy (non-hydrogen) atoms. The van der Waals surface area contributed by atoms with E-state index in [1.807, 2.05) is 26.0 Å². The summed E-state index contributed by atoms with van der Waals surface area (Å²) in [5.41, 5.74) is 2.00. The van der Waals surface area contributed by atoms with Crippen LogP contribution in [0.25, 0.3) is 0 Å². The minimum atomic E-state index is -0.804. The van der Waals surface area contributed by atoms with Crippen molar-refractivity contribution in [2.45, 2.75) is 31.8 Å². The van der Waals surface area contributed by atoms with Crippen LogP contribution >= 0.6 is 23.4 Å². The number of aryl methyl sites for hydroxylation is 1. The fourth-order valence-corrected chi connectivity index (χ4v) is 2.70. The summed E-state index contributed by atoms with van der Waals surface area (Å²) < 4.78 is 0. The van der Waals surface area contributed by atoms with Gasteiger partial charge in [0.15, 0.2) is 0 Å². The van der Waals surface area contributed by atoms with Gasteiger partial charge in [0, 0.05) is 10.6 Å². The Bertz CT molecular complexity index is 437. The Morgan fingerprint density at radius 2 is 2.16 bits per heavy atom. The van der Waals surface area contributed by atoms with Crippen molar-refractivity contribution in [2.24, 2.45) is 0 Å². The SMILES string of the molecule is CCOOCc1cc(Cl)c(SCCC(=O)O)cc1C. The van der Waals surface area contributed by atoms with Crippen molar-refractivity contribution < 1.29 is 19.7 Å². The summed E-state index contributed by atoms with van der Waals surface area (Å²) in [6, 6.07) is 3.78. The molecule has 0 heterocycles. The molecule has 0 amide bonds. The van der Waals surface area contributed by atoms with Crippen LogP contribution in [0.1, 0.15) is 24.5 Å². The van der Waals surface area contributed by atoms with Crippen LogP contribution in [0.3, 0.4) is 0 Å². The second-order valence-corrected chi connectivity index (χ2v) is 5.41. The predicted octanol–water partition coefficient (Wildman–Crippen LogP) is 3.68. The van der Waals surface area contributed by atoms with Crippen molar-refractivity contribution in [3.05, 3.63) is 28.3 Å². The fraction of sp³-hybridized carbons (Fsp3) is 0.462.